The third-order valence-electron chi connectivity index (χ3n) is 2.72. The number of hydrogen-bond acceptors (Lipinski definition) is 3. The van der Waals surface area contributed by atoms with Gasteiger partial charge in [0.2, 0.25) is 0 Å². The van der Waals surface area contributed by atoms with E-state index in [0.717, 1.165) is 6.07 Å². The molecule has 4 nitrogen and oxygen atoms in total. The molecule has 1 atom stereocenters. The largest absolute Gasteiger partial charge is 0.394 e. The SMILES string of the molecule is C[C@H](CO)N(C)C(=O)c1ccc(CO)c(F)c1. The van der Waals surface area contributed by atoms with Gasteiger partial charge in [-0.25, -0.2) is 4.39 Å². The van der Waals surface area contributed by atoms with Crippen molar-refractivity contribution in [1.29, 1.82) is 0 Å². The Morgan fingerprint density at radius 3 is 2.59 bits per heavy atom. The van der Waals surface area contributed by atoms with Gasteiger partial charge in [0.05, 0.1) is 19.3 Å². The lowest BCUT2D eigenvalue weighted by Gasteiger charge is -2.23. The topological polar surface area (TPSA) is 60.8 Å². The number of likely N-dealkylation sites (N-methyl/N-ethyl adjacent to an activating group) is 1. The second-order valence-corrected chi connectivity index (χ2v) is 3.91. The molecule has 0 fully saturated rings. The average Bonchev–Trinajstić information content (AvgIpc) is 2.35. The third-order valence-corrected chi connectivity index (χ3v) is 2.72. The zero-order valence-corrected chi connectivity index (χ0v) is 9.85. The number of halogens is 1. The summed E-state index contributed by atoms with van der Waals surface area (Å²) in [6.07, 6.45) is 0. The van der Waals surface area contributed by atoms with Gasteiger partial charge in [0.1, 0.15) is 5.82 Å². The van der Waals surface area contributed by atoms with Gasteiger partial charge < -0.3 is 15.1 Å². The maximum atomic E-state index is 13.4. The van der Waals surface area contributed by atoms with E-state index in [1.807, 2.05) is 0 Å². The molecule has 1 amide bonds. The Balaban J connectivity index is 2.93. The number of nitrogens with zero attached hydrogens (tertiary/aromatic N) is 1. The van der Waals surface area contributed by atoms with Gasteiger partial charge in [-0.05, 0) is 19.1 Å². The average molecular weight is 241 g/mol. The molecule has 5 heteroatoms. The summed E-state index contributed by atoms with van der Waals surface area (Å²) < 4.78 is 13.4. The minimum Gasteiger partial charge on any atom is -0.394 e. The Hall–Kier alpha value is -1.46. The smallest absolute Gasteiger partial charge is 0.254 e. The van der Waals surface area contributed by atoms with Gasteiger partial charge in [-0.2, -0.15) is 0 Å². The summed E-state index contributed by atoms with van der Waals surface area (Å²) >= 11 is 0. The molecular weight excluding hydrogens is 225 g/mol. The number of carbonyl (C=O) groups excluding carboxylic acids is 1. The highest BCUT2D eigenvalue weighted by Crippen LogP contribution is 2.13. The summed E-state index contributed by atoms with van der Waals surface area (Å²) in [6.45, 7) is 1.14. The van der Waals surface area contributed by atoms with Crippen molar-refractivity contribution in [3.8, 4) is 0 Å². The van der Waals surface area contributed by atoms with Gasteiger partial charge in [-0.3, -0.25) is 4.79 Å². The van der Waals surface area contributed by atoms with Crippen LogP contribution in [-0.4, -0.2) is 40.7 Å². The van der Waals surface area contributed by atoms with Gasteiger partial charge in [0, 0.05) is 18.2 Å². The van der Waals surface area contributed by atoms with Gasteiger partial charge in [-0.15, -0.1) is 0 Å². The van der Waals surface area contributed by atoms with Crippen molar-refractivity contribution in [2.45, 2.75) is 19.6 Å². The van der Waals surface area contributed by atoms with E-state index in [1.54, 1.807) is 14.0 Å². The first-order chi connectivity index (χ1) is 8.01. The molecule has 0 aliphatic heterocycles. The maximum absolute atomic E-state index is 13.4. The summed E-state index contributed by atoms with van der Waals surface area (Å²) in [5, 5.41) is 17.8. The molecule has 0 spiro atoms. The second kappa shape index (κ2) is 5.75. The fraction of sp³-hybridized carbons (Fsp3) is 0.417. The van der Waals surface area contributed by atoms with Crippen molar-refractivity contribution in [2.75, 3.05) is 13.7 Å². The summed E-state index contributed by atoms with van der Waals surface area (Å²) in [5.41, 5.74) is 0.349. The first-order valence-corrected chi connectivity index (χ1v) is 5.28. The molecule has 2 N–H and O–H groups in total. The first kappa shape index (κ1) is 13.6. The minimum atomic E-state index is -0.608. The van der Waals surface area contributed by atoms with Crippen LogP contribution in [0.1, 0.15) is 22.8 Å². The fourth-order valence-corrected chi connectivity index (χ4v) is 1.33. The van der Waals surface area contributed by atoms with Crippen molar-refractivity contribution < 1.29 is 19.4 Å². The number of amides is 1. The lowest BCUT2D eigenvalue weighted by molar-refractivity contribution is 0.0681. The highest BCUT2D eigenvalue weighted by Gasteiger charge is 2.17. The molecule has 17 heavy (non-hydrogen) atoms. The summed E-state index contributed by atoms with van der Waals surface area (Å²) in [5.74, 6) is -0.974. The van der Waals surface area contributed by atoms with Crippen LogP contribution in [0.2, 0.25) is 0 Å². The molecule has 0 saturated heterocycles. The maximum Gasteiger partial charge on any atom is 0.254 e. The number of benzene rings is 1. The number of rotatable bonds is 4. The Bertz CT molecular complexity index is 409. The van der Waals surface area contributed by atoms with Crippen LogP contribution in [0.4, 0.5) is 4.39 Å². The molecule has 0 aliphatic rings. The molecule has 0 bridgehead atoms. The van der Waals surface area contributed by atoms with E-state index in [9.17, 15) is 9.18 Å². The molecule has 0 aromatic heterocycles. The van der Waals surface area contributed by atoms with Crippen LogP contribution < -0.4 is 0 Å². The van der Waals surface area contributed by atoms with Crippen LogP contribution in [0.15, 0.2) is 18.2 Å². The van der Waals surface area contributed by atoms with Gasteiger partial charge in [0.15, 0.2) is 0 Å². The molecule has 0 unspecified atom stereocenters. The van der Waals surface area contributed by atoms with Crippen molar-refractivity contribution in [2.24, 2.45) is 0 Å². The number of aliphatic hydroxyl groups is 2. The molecular formula is C12H16FNO3. The van der Waals surface area contributed by atoms with Crippen LogP contribution in [0.25, 0.3) is 0 Å². The number of carbonyl (C=O) groups is 1. The monoisotopic (exact) mass is 241 g/mol. The van der Waals surface area contributed by atoms with Crippen LogP contribution in [-0.2, 0) is 6.61 Å². The van der Waals surface area contributed by atoms with E-state index in [2.05, 4.69) is 0 Å². The standard InChI is InChI=1S/C12H16FNO3/c1-8(6-15)14(2)12(17)9-3-4-10(7-16)11(13)5-9/h3-5,8,15-16H,6-7H2,1-2H3/t8-/m1/s1. The molecule has 0 radical (unpaired) electrons. The van der Waals surface area contributed by atoms with Gasteiger partial charge in [0.25, 0.3) is 5.91 Å². The number of hydrogen-bond donors (Lipinski definition) is 2. The van der Waals surface area contributed by atoms with E-state index in [1.165, 1.54) is 17.0 Å². The van der Waals surface area contributed by atoms with Gasteiger partial charge in [-0.1, -0.05) is 6.07 Å². The predicted octanol–water partition coefficient (Wildman–Crippen LogP) is 0.771. The first-order valence-electron chi connectivity index (χ1n) is 5.28. The van der Waals surface area contributed by atoms with Gasteiger partial charge >= 0.3 is 0 Å². The van der Waals surface area contributed by atoms with E-state index in [0.29, 0.717) is 0 Å². The normalized spacial score (nSPS) is 12.3. The highest BCUT2D eigenvalue weighted by atomic mass is 19.1. The van der Waals surface area contributed by atoms with Crippen LogP contribution in [0, 0.1) is 5.82 Å². The van der Waals surface area contributed by atoms with Crippen molar-refractivity contribution >= 4 is 5.91 Å². The van der Waals surface area contributed by atoms with E-state index in [4.69, 9.17) is 10.2 Å². The summed E-state index contributed by atoms with van der Waals surface area (Å²) in [6, 6.07) is 3.59. The van der Waals surface area contributed by atoms with Crippen LogP contribution in [0.3, 0.4) is 0 Å². The minimum absolute atomic E-state index is 0.152. The molecule has 0 aliphatic carbocycles. The molecule has 1 aromatic rings. The Labute approximate surface area is 99.3 Å². The van der Waals surface area contributed by atoms with Crippen molar-refractivity contribution in [1.82, 2.24) is 4.90 Å². The van der Waals surface area contributed by atoms with E-state index in [-0.39, 0.29) is 29.7 Å². The summed E-state index contributed by atoms with van der Waals surface area (Å²) in [4.78, 5) is 13.2. The molecule has 94 valence electrons. The lowest BCUT2D eigenvalue weighted by atomic mass is 10.1. The Morgan fingerprint density at radius 1 is 1.47 bits per heavy atom. The zero-order valence-electron chi connectivity index (χ0n) is 9.85. The van der Waals surface area contributed by atoms with E-state index >= 15 is 0 Å². The third kappa shape index (κ3) is 3.01. The Morgan fingerprint density at radius 2 is 2.12 bits per heavy atom. The summed E-state index contributed by atoms with van der Waals surface area (Å²) in [7, 11) is 1.54. The molecule has 0 heterocycles. The van der Waals surface area contributed by atoms with Crippen LogP contribution in [0.5, 0.6) is 0 Å². The zero-order chi connectivity index (χ0) is 13.0. The molecule has 1 rings (SSSR count). The lowest BCUT2D eigenvalue weighted by Crippen LogP contribution is -2.37. The highest BCUT2D eigenvalue weighted by molar-refractivity contribution is 5.94. The predicted molar refractivity (Wildman–Crippen MR) is 61.0 cm³/mol. The number of aliphatic hydroxyl groups excluding tert-OH is 2. The Kier molecular flexibility index (Phi) is 4.60. The quantitative estimate of drug-likeness (QED) is 0.818. The second-order valence-electron chi connectivity index (χ2n) is 3.91. The van der Waals surface area contributed by atoms with Crippen molar-refractivity contribution in [3.05, 3.63) is 35.1 Å². The molecule has 1 aromatic carbocycles. The van der Waals surface area contributed by atoms with Crippen LogP contribution >= 0.6 is 0 Å². The fourth-order valence-electron chi connectivity index (χ4n) is 1.33. The molecule has 0 saturated carbocycles. The van der Waals surface area contributed by atoms with E-state index < -0.39 is 12.4 Å². The van der Waals surface area contributed by atoms with Crippen molar-refractivity contribution in [3.63, 3.8) is 0 Å².